The van der Waals surface area contributed by atoms with E-state index in [2.05, 4.69) is 0 Å². The molecule has 6 heteroatoms. The van der Waals surface area contributed by atoms with Crippen molar-refractivity contribution in [3.05, 3.63) is 58.1 Å². The van der Waals surface area contributed by atoms with E-state index in [-0.39, 0.29) is 0 Å². The van der Waals surface area contributed by atoms with Crippen LogP contribution in [0.5, 0.6) is 5.75 Å². The van der Waals surface area contributed by atoms with Gasteiger partial charge in [0, 0.05) is 21.2 Å². The Morgan fingerprint density at radius 2 is 1.67 bits per heavy atom. The maximum Gasteiger partial charge on any atom is 0.209 e. The number of aliphatic hydroxyl groups is 2. The first-order valence-corrected chi connectivity index (χ1v) is 8.21. The minimum absolute atomic E-state index is 0.301. The number of aliphatic hydroxyl groups excluding tert-OH is 1. The molecule has 0 bridgehead atoms. The van der Waals surface area contributed by atoms with Crippen LogP contribution in [-0.4, -0.2) is 22.6 Å². The van der Waals surface area contributed by atoms with Crippen molar-refractivity contribution < 1.29 is 14.9 Å². The van der Waals surface area contributed by atoms with Crippen LogP contribution in [0.3, 0.4) is 0 Å². The maximum atomic E-state index is 9.62. The number of hydrogen-bond donors (Lipinski definition) is 2. The Hall–Kier alpha value is -1.04. The molecule has 21 heavy (non-hydrogen) atoms. The third kappa shape index (κ3) is 3.78. The van der Waals surface area contributed by atoms with Gasteiger partial charge in [0.15, 0.2) is 0 Å². The van der Waals surface area contributed by atoms with Crippen LogP contribution >= 0.6 is 33.7 Å². The highest BCUT2D eigenvalue weighted by atomic mass is 35.5. The lowest BCUT2D eigenvalue weighted by molar-refractivity contribution is 0.384. The molecule has 0 saturated heterocycles. The van der Waals surface area contributed by atoms with Crippen LogP contribution in [0.1, 0.15) is 5.56 Å². The number of ether oxygens (including phenoxy) is 1. The van der Waals surface area contributed by atoms with Crippen LogP contribution in [0.15, 0.2) is 47.4 Å². The van der Waals surface area contributed by atoms with Crippen LogP contribution < -0.4 is 4.74 Å². The molecule has 2 aromatic carbocycles. The van der Waals surface area contributed by atoms with Gasteiger partial charge in [-0.25, -0.2) is 0 Å². The summed E-state index contributed by atoms with van der Waals surface area (Å²) in [7, 11) is 0.588. The highest BCUT2D eigenvalue weighted by molar-refractivity contribution is 8.14. The number of rotatable bonds is 4. The maximum absolute atomic E-state index is 9.62. The van der Waals surface area contributed by atoms with E-state index in [4.69, 9.17) is 27.9 Å². The van der Waals surface area contributed by atoms with Crippen LogP contribution in [0.25, 0.3) is 0 Å². The third-order valence-corrected chi connectivity index (χ3v) is 5.41. The zero-order valence-corrected chi connectivity index (χ0v) is 13.5. The summed E-state index contributed by atoms with van der Waals surface area (Å²) in [6, 6.07) is 12.5. The van der Waals surface area contributed by atoms with Gasteiger partial charge in [-0.15, -0.1) is 0 Å². The molecule has 0 fully saturated rings. The van der Waals surface area contributed by atoms with Crippen molar-refractivity contribution in [1.82, 2.24) is 0 Å². The third-order valence-electron chi connectivity index (χ3n) is 2.90. The molecule has 2 N–H and O–H groups in total. The predicted molar refractivity (Wildman–Crippen MR) is 89.3 cm³/mol. The molecule has 1 unspecified atom stereocenters. The van der Waals surface area contributed by atoms with Crippen LogP contribution in [0, 0.1) is 0 Å². The quantitative estimate of drug-likeness (QED) is 0.764. The summed E-state index contributed by atoms with van der Waals surface area (Å²) in [6.07, 6.45) is 0. The van der Waals surface area contributed by atoms with E-state index in [0.29, 0.717) is 27.1 Å². The first-order valence-electron chi connectivity index (χ1n) is 6.06. The van der Waals surface area contributed by atoms with Gasteiger partial charge >= 0.3 is 0 Å². The van der Waals surface area contributed by atoms with Crippen molar-refractivity contribution in [2.24, 2.45) is 0 Å². The van der Waals surface area contributed by atoms with Gasteiger partial charge in [-0.1, -0.05) is 51.9 Å². The number of hydrogen-bond acceptors (Lipinski definition) is 1. The molecule has 0 aromatic heterocycles. The molecule has 0 aliphatic heterocycles. The van der Waals surface area contributed by atoms with Crippen molar-refractivity contribution in [2.45, 2.75) is 10.6 Å². The van der Waals surface area contributed by atoms with Crippen LogP contribution in [-0.2, 0) is 5.75 Å². The van der Waals surface area contributed by atoms with Crippen LogP contribution in [0.2, 0.25) is 10.0 Å². The van der Waals surface area contributed by atoms with E-state index in [0.717, 1.165) is 4.90 Å². The normalized spacial score (nSPS) is 12.0. The second-order valence-corrected chi connectivity index (χ2v) is 6.89. The van der Waals surface area contributed by atoms with Gasteiger partial charge in [0.2, 0.25) is 5.24 Å². The van der Waals surface area contributed by atoms with Gasteiger partial charge < -0.3 is 14.9 Å². The summed E-state index contributed by atoms with van der Waals surface area (Å²) >= 11 is 12.3. The fourth-order valence-electron chi connectivity index (χ4n) is 1.91. The van der Waals surface area contributed by atoms with E-state index in [1.165, 1.54) is 7.11 Å². The van der Waals surface area contributed by atoms with E-state index < -0.39 is 15.7 Å². The molecular weight excluding hydrogens is 331 g/mol. The van der Waals surface area contributed by atoms with Gasteiger partial charge in [0.1, 0.15) is 5.75 Å². The molecule has 3 nitrogen and oxygen atoms in total. The Morgan fingerprint density at radius 3 is 2.24 bits per heavy atom. The fraction of sp³-hybridized carbons (Fsp3) is 0.133. The first-order chi connectivity index (χ1) is 10.0. The summed E-state index contributed by atoms with van der Waals surface area (Å²) in [4.78, 5) is 0.801. The number of halogens is 2. The molecule has 112 valence electrons. The lowest BCUT2D eigenvalue weighted by atomic mass is 10.2. The second kappa shape index (κ2) is 7.29. The van der Waals surface area contributed by atoms with Crippen LogP contribution in [0.4, 0.5) is 0 Å². The van der Waals surface area contributed by atoms with Crippen molar-refractivity contribution in [3.8, 4) is 5.75 Å². The highest BCUT2D eigenvalue weighted by Crippen LogP contribution is 2.40. The smallest absolute Gasteiger partial charge is 0.209 e. The van der Waals surface area contributed by atoms with Gasteiger partial charge in [0.05, 0.1) is 12.1 Å². The monoisotopic (exact) mass is 344 g/mol. The molecule has 2 aromatic rings. The molecule has 1 atom stereocenters. The molecule has 0 radical (unpaired) electrons. The SMILES string of the molecule is COc1c(Cl)ccc(Cl)c1CS(=C(O)O)c1ccccc1. The molecule has 0 amide bonds. The van der Waals surface area contributed by atoms with E-state index in [1.807, 2.05) is 30.3 Å². The average Bonchev–Trinajstić information content (AvgIpc) is 2.48. The lowest BCUT2D eigenvalue weighted by Crippen LogP contribution is -2.00. The summed E-state index contributed by atoms with van der Waals surface area (Å²) < 4.78 is 5.29. The molecule has 0 heterocycles. The Kier molecular flexibility index (Phi) is 5.67. The van der Waals surface area contributed by atoms with Gasteiger partial charge in [0.25, 0.3) is 0 Å². The van der Waals surface area contributed by atoms with Gasteiger partial charge in [-0.2, -0.15) is 0 Å². The Bertz CT molecular complexity index is 668. The summed E-state index contributed by atoms with van der Waals surface area (Å²) in [5.41, 5.74) is 0.652. The largest absolute Gasteiger partial charge is 0.495 e. The predicted octanol–water partition coefficient (Wildman–Crippen LogP) is 5.03. The Morgan fingerprint density at radius 1 is 1.05 bits per heavy atom. The molecule has 0 aliphatic carbocycles. The van der Waals surface area contributed by atoms with Crippen molar-refractivity contribution in [2.75, 3.05) is 7.11 Å². The second-order valence-electron chi connectivity index (χ2n) is 4.17. The van der Waals surface area contributed by atoms with Crippen molar-refractivity contribution in [1.29, 1.82) is 0 Å². The lowest BCUT2D eigenvalue weighted by Gasteiger charge is -2.15. The molecule has 0 aliphatic rings. The highest BCUT2D eigenvalue weighted by Gasteiger charge is 2.16. The number of methoxy groups -OCH3 is 1. The van der Waals surface area contributed by atoms with Crippen molar-refractivity contribution in [3.63, 3.8) is 0 Å². The Balaban J connectivity index is 2.50. The van der Waals surface area contributed by atoms with Gasteiger partial charge in [-0.05, 0) is 24.3 Å². The first kappa shape index (κ1) is 16.3. The molecule has 2 rings (SSSR count). The van der Waals surface area contributed by atoms with E-state index in [9.17, 15) is 10.2 Å². The minimum Gasteiger partial charge on any atom is -0.495 e. The minimum atomic E-state index is -0.916. The zero-order chi connectivity index (χ0) is 15.4. The van der Waals surface area contributed by atoms with E-state index in [1.54, 1.807) is 12.1 Å². The topological polar surface area (TPSA) is 49.7 Å². The molecular formula is C15H14Cl2O3S. The van der Waals surface area contributed by atoms with Crippen molar-refractivity contribution >= 4 is 38.9 Å². The standard InChI is InChI=1S/C15H14Cl2O3S/c1-20-14-11(12(16)7-8-13(14)17)9-21(15(18)19)10-5-3-2-4-6-10/h2-8,18-19H,9H2,1H3. The Labute approximate surface area is 135 Å². The van der Waals surface area contributed by atoms with Gasteiger partial charge in [-0.3, -0.25) is 0 Å². The molecule has 0 spiro atoms. The average molecular weight is 345 g/mol. The number of benzene rings is 2. The fourth-order valence-corrected chi connectivity index (χ4v) is 4.03. The van der Waals surface area contributed by atoms with E-state index >= 15 is 0 Å². The molecule has 0 saturated carbocycles. The zero-order valence-electron chi connectivity index (χ0n) is 11.2. The summed E-state index contributed by atoms with van der Waals surface area (Å²) in [5.74, 6) is 0.758. The summed E-state index contributed by atoms with van der Waals surface area (Å²) in [5, 5.41) is 19.5. The summed E-state index contributed by atoms with van der Waals surface area (Å²) in [6.45, 7) is 0.